The van der Waals surface area contributed by atoms with E-state index in [1.807, 2.05) is 19.9 Å². The summed E-state index contributed by atoms with van der Waals surface area (Å²) in [4.78, 5) is 36.9. The Bertz CT molecular complexity index is 1260. The highest BCUT2D eigenvalue weighted by molar-refractivity contribution is 9.10. The first kappa shape index (κ1) is 26.6. The molecule has 0 bridgehead atoms. The number of aryl methyl sites for hydroxylation is 1. The van der Waals surface area contributed by atoms with Crippen molar-refractivity contribution >= 4 is 39.9 Å². The Hall–Kier alpha value is -3.98. The van der Waals surface area contributed by atoms with E-state index in [4.69, 9.17) is 9.47 Å². The van der Waals surface area contributed by atoms with Gasteiger partial charge in [-0.05, 0) is 67.9 Å². The van der Waals surface area contributed by atoms with Crippen molar-refractivity contribution in [2.45, 2.75) is 20.3 Å². The molecule has 0 aliphatic heterocycles. The Morgan fingerprint density at radius 1 is 1.00 bits per heavy atom. The van der Waals surface area contributed by atoms with Crippen molar-refractivity contribution in [2.24, 2.45) is 5.10 Å². The smallest absolute Gasteiger partial charge is 0.343 e. The fraction of sp³-hybridized carbons (Fsp3) is 0.185. The first-order valence-electron chi connectivity index (χ1n) is 11.3. The van der Waals surface area contributed by atoms with Crippen LogP contribution < -0.4 is 20.2 Å². The standard InChI is InChI=1S/C27H26BrN3O5/c1-3-13-35-23-10-7-19(8-11-23)26(33)29-17-25(32)31-30-16-21-15-22(28)9-12-24(21)36-27(34)20-6-4-5-18(2)14-20/h4-12,14-16H,3,13,17H2,1-2H3,(H,29,33)(H,31,32)/b30-16+. The van der Waals surface area contributed by atoms with Gasteiger partial charge in [0, 0.05) is 15.6 Å². The van der Waals surface area contributed by atoms with Gasteiger partial charge in [-0.3, -0.25) is 9.59 Å². The number of rotatable bonds is 10. The fourth-order valence-electron chi connectivity index (χ4n) is 3.04. The van der Waals surface area contributed by atoms with Crippen LogP contribution >= 0.6 is 15.9 Å². The number of carbonyl (C=O) groups excluding carboxylic acids is 3. The Morgan fingerprint density at radius 2 is 1.78 bits per heavy atom. The summed E-state index contributed by atoms with van der Waals surface area (Å²) < 4.78 is 11.8. The van der Waals surface area contributed by atoms with Crippen LogP contribution in [0.15, 0.2) is 76.3 Å². The summed E-state index contributed by atoms with van der Waals surface area (Å²) in [6, 6.07) is 18.8. The van der Waals surface area contributed by atoms with E-state index in [1.54, 1.807) is 60.7 Å². The minimum atomic E-state index is -0.518. The monoisotopic (exact) mass is 551 g/mol. The number of hydrogen-bond acceptors (Lipinski definition) is 6. The van der Waals surface area contributed by atoms with Crippen molar-refractivity contribution in [1.82, 2.24) is 10.7 Å². The molecule has 0 spiro atoms. The van der Waals surface area contributed by atoms with Gasteiger partial charge in [0.15, 0.2) is 0 Å². The number of nitrogens with zero attached hydrogens (tertiary/aromatic N) is 1. The molecule has 36 heavy (non-hydrogen) atoms. The van der Waals surface area contributed by atoms with E-state index in [-0.39, 0.29) is 12.3 Å². The summed E-state index contributed by atoms with van der Waals surface area (Å²) in [6.45, 7) is 4.23. The molecule has 3 rings (SSSR count). The average molecular weight is 552 g/mol. The van der Waals surface area contributed by atoms with Gasteiger partial charge in [0.1, 0.15) is 11.5 Å². The summed E-state index contributed by atoms with van der Waals surface area (Å²) in [5.74, 6) is -0.462. The Morgan fingerprint density at radius 3 is 2.50 bits per heavy atom. The highest BCUT2D eigenvalue weighted by Gasteiger charge is 2.12. The van der Waals surface area contributed by atoms with E-state index < -0.39 is 17.8 Å². The van der Waals surface area contributed by atoms with Gasteiger partial charge in [0.05, 0.1) is 24.9 Å². The summed E-state index contributed by atoms with van der Waals surface area (Å²) >= 11 is 3.37. The van der Waals surface area contributed by atoms with Crippen LogP contribution in [-0.4, -0.2) is 37.1 Å². The van der Waals surface area contributed by atoms with E-state index in [0.717, 1.165) is 16.5 Å². The topological polar surface area (TPSA) is 106 Å². The molecule has 8 nitrogen and oxygen atoms in total. The van der Waals surface area contributed by atoms with Gasteiger partial charge < -0.3 is 14.8 Å². The average Bonchev–Trinajstić information content (AvgIpc) is 2.87. The second kappa shape index (κ2) is 13.2. The maximum absolute atomic E-state index is 12.5. The molecule has 0 unspecified atom stereocenters. The molecular formula is C27H26BrN3O5. The molecule has 0 aromatic heterocycles. The van der Waals surface area contributed by atoms with Gasteiger partial charge in [0.2, 0.25) is 0 Å². The number of halogens is 1. The Labute approximate surface area is 217 Å². The maximum atomic E-state index is 12.5. The highest BCUT2D eigenvalue weighted by atomic mass is 79.9. The molecular weight excluding hydrogens is 526 g/mol. The van der Waals surface area contributed by atoms with Crippen LogP contribution in [0.1, 0.15) is 45.2 Å². The van der Waals surface area contributed by atoms with E-state index in [1.165, 1.54) is 6.21 Å². The molecule has 0 saturated carbocycles. The third-order valence-corrected chi connectivity index (χ3v) is 5.31. The molecule has 0 saturated heterocycles. The normalized spacial score (nSPS) is 10.6. The fourth-order valence-corrected chi connectivity index (χ4v) is 3.42. The molecule has 186 valence electrons. The lowest BCUT2D eigenvalue weighted by Crippen LogP contribution is -2.34. The van der Waals surface area contributed by atoms with Gasteiger partial charge in [-0.25, -0.2) is 10.2 Å². The summed E-state index contributed by atoms with van der Waals surface area (Å²) in [5, 5.41) is 6.46. The number of benzene rings is 3. The third-order valence-electron chi connectivity index (χ3n) is 4.82. The number of nitrogens with one attached hydrogen (secondary N) is 2. The molecule has 2 amide bonds. The van der Waals surface area contributed by atoms with Crippen molar-refractivity contribution in [2.75, 3.05) is 13.2 Å². The van der Waals surface area contributed by atoms with Crippen molar-refractivity contribution < 1.29 is 23.9 Å². The van der Waals surface area contributed by atoms with Crippen LogP contribution in [0, 0.1) is 6.92 Å². The van der Waals surface area contributed by atoms with Gasteiger partial charge in [-0.2, -0.15) is 5.10 Å². The zero-order chi connectivity index (χ0) is 25.9. The predicted molar refractivity (Wildman–Crippen MR) is 141 cm³/mol. The van der Waals surface area contributed by atoms with E-state index in [9.17, 15) is 14.4 Å². The Kier molecular flexibility index (Phi) is 9.76. The number of carbonyl (C=O) groups is 3. The molecule has 0 radical (unpaired) electrons. The van der Waals surface area contributed by atoms with Crippen molar-refractivity contribution in [3.63, 3.8) is 0 Å². The largest absolute Gasteiger partial charge is 0.494 e. The number of ether oxygens (including phenoxy) is 2. The van der Waals surface area contributed by atoms with E-state index >= 15 is 0 Å². The molecule has 0 aliphatic rings. The molecule has 3 aromatic rings. The van der Waals surface area contributed by atoms with Gasteiger partial charge in [0.25, 0.3) is 11.8 Å². The SMILES string of the molecule is CCCOc1ccc(C(=O)NCC(=O)N/N=C/c2cc(Br)ccc2OC(=O)c2cccc(C)c2)cc1. The number of hydrogen-bond donors (Lipinski definition) is 2. The molecule has 0 atom stereocenters. The summed E-state index contributed by atoms with van der Waals surface area (Å²) in [7, 11) is 0. The number of hydrazone groups is 1. The molecule has 0 fully saturated rings. The number of esters is 1. The zero-order valence-electron chi connectivity index (χ0n) is 19.9. The Balaban J connectivity index is 1.54. The quantitative estimate of drug-likeness (QED) is 0.165. The van der Waals surface area contributed by atoms with Crippen molar-refractivity contribution in [3.8, 4) is 11.5 Å². The van der Waals surface area contributed by atoms with Crippen molar-refractivity contribution in [3.05, 3.63) is 93.5 Å². The van der Waals surface area contributed by atoms with Gasteiger partial charge in [-0.1, -0.05) is 40.5 Å². The zero-order valence-corrected chi connectivity index (χ0v) is 21.5. The first-order chi connectivity index (χ1) is 17.4. The lowest BCUT2D eigenvalue weighted by atomic mass is 10.1. The minimum Gasteiger partial charge on any atom is -0.494 e. The third kappa shape index (κ3) is 8.06. The lowest BCUT2D eigenvalue weighted by Gasteiger charge is -2.09. The molecule has 0 aliphatic carbocycles. The maximum Gasteiger partial charge on any atom is 0.343 e. The van der Waals surface area contributed by atoms with Crippen LogP contribution in [0.5, 0.6) is 11.5 Å². The number of amides is 2. The van der Waals surface area contributed by atoms with Crippen LogP contribution in [0.3, 0.4) is 0 Å². The highest BCUT2D eigenvalue weighted by Crippen LogP contribution is 2.23. The van der Waals surface area contributed by atoms with Gasteiger partial charge >= 0.3 is 5.97 Å². The molecule has 9 heteroatoms. The van der Waals surface area contributed by atoms with Crippen LogP contribution in [0.4, 0.5) is 0 Å². The summed E-state index contributed by atoms with van der Waals surface area (Å²) in [5.41, 5.74) is 4.59. The van der Waals surface area contributed by atoms with E-state index in [0.29, 0.717) is 29.0 Å². The van der Waals surface area contributed by atoms with Crippen LogP contribution in [-0.2, 0) is 4.79 Å². The summed E-state index contributed by atoms with van der Waals surface area (Å²) in [6.07, 6.45) is 2.25. The molecule has 2 N–H and O–H groups in total. The van der Waals surface area contributed by atoms with Gasteiger partial charge in [-0.15, -0.1) is 0 Å². The van der Waals surface area contributed by atoms with Crippen LogP contribution in [0.25, 0.3) is 0 Å². The predicted octanol–water partition coefficient (Wildman–Crippen LogP) is 4.65. The second-order valence-electron chi connectivity index (χ2n) is 7.79. The second-order valence-corrected chi connectivity index (χ2v) is 8.71. The molecule has 0 heterocycles. The lowest BCUT2D eigenvalue weighted by molar-refractivity contribution is -0.120. The minimum absolute atomic E-state index is 0.266. The van der Waals surface area contributed by atoms with Crippen molar-refractivity contribution in [1.29, 1.82) is 0 Å². The molecule has 3 aromatic carbocycles. The van der Waals surface area contributed by atoms with Crippen LogP contribution in [0.2, 0.25) is 0 Å². The first-order valence-corrected chi connectivity index (χ1v) is 12.1. The van der Waals surface area contributed by atoms with E-state index in [2.05, 4.69) is 31.8 Å².